The van der Waals surface area contributed by atoms with Crippen LogP contribution in [0.15, 0.2) is 24.3 Å². The van der Waals surface area contributed by atoms with Gasteiger partial charge in [0, 0.05) is 0 Å². The second-order valence-electron chi connectivity index (χ2n) is 1.82. The van der Waals surface area contributed by atoms with Gasteiger partial charge in [-0.3, -0.25) is 0 Å². The Morgan fingerprint density at radius 1 is 1.08 bits per heavy atom. The van der Waals surface area contributed by atoms with Gasteiger partial charge in [-0.15, -0.1) is 0 Å². The number of aromatic hydroxyl groups is 1. The van der Waals surface area contributed by atoms with Gasteiger partial charge < -0.3 is 10.2 Å². The molecule has 0 amide bonds. The number of benzene rings is 1. The molecule has 1 rings (SSSR count). The number of para-hydroxylation sites is 1. The molecule has 0 saturated carbocycles. The van der Waals surface area contributed by atoms with E-state index in [1.807, 2.05) is 0 Å². The Morgan fingerprint density at radius 2 is 1.54 bits per heavy atom. The zero-order valence-electron chi connectivity index (χ0n) is 5.11. The Morgan fingerprint density at radius 3 is 1.85 bits per heavy atom. The van der Waals surface area contributed by atoms with Crippen LogP contribution in [0.4, 0.5) is 0 Å². The Labute approximate surface area is 143 Å². The summed E-state index contributed by atoms with van der Waals surface area (Å²) in [6.45, 7) is 0. The van der Waals surface area contributed by atoms with Crippen molar-refractivity contribution < 1.29 is 15.0 Å². The molecule has 0 radical (unpaired) electrons. The van der Waals surface area contributed by atoms with Crippen molar-refractivity contribution >= 4 is 94.6 Å². The zero-order valence-corrected chi connectivity index (χ0v) is 5.11. The maximum atomic E-state index is 10.3. The molecule has 2 N–H and O–H groups in total. The second kappa shape index (κ2) is 10.0. The summed E-state index contributed by atoms with van der Waals surface area (Å²) in [6.07, 6.45) is 0. The molecule has 58 valence electrons. The van der Waals surface area contributed by atoms with Crippen molar-refractivity contribution in [3.63, 3.8) is 0 Å². The summed E-state index contributed by atoms with van der Waals surface area (Å²) in [5.41, 5.74) is -0.0671. The Hall–Kier alpha value is 1.49. The summed E-state index contributed by atoms with van der Waals surface area (Å²) in [6, 6.07) is 5.81. The van der Waals surface area contributed by atoms with Gasteiger partial charge in [0.25, 0.3) is 0 Å². The van der Waals surface area contributed by atoms with Crippen LogP contribution in [0.3, 0.4) is 0 Å². The van der Waals surface area contributed by atoms with E-state index < -0.39 is 5.97 Å². The monoisotopic (exact) mass is 210 g/mol. The number of rotatable bonds is 1. The van der Waals surface area contributed by atoms with E-state index >= 15 is 0 Å². The van der Waals surface area contributed by atoms with Gasteiger partial charge in [0.05, 0.1) is 0 Å². The topological polar surface area (TPSA) is 57.5 Å². The SMILES string of the molecule is O=C(O)c1ccccc1O.[NaH].[NaH].[NaH]. The van der Waals surface area contributed by atoms with E-state index in [2.05, 4.69) is 0 Å². The molecule has 0 aromatic heterocycles. The summed E-state index contributed by atoms with van der Waals surface area (Å²) < 4.78 is 0. The van der Waals surface area contributed by atoms with Gasteiger partial charge in [-0.2, -0.15) is 0 Å². The van der Waals surface area contributed by atoms with Crippen LogP contribution in [-0.2, 0) is 0 Å². The number of hydrogen-bond acceptors (Lipinski definition) is 2. The number of phenols is 1. The summed E-state index contributed by atoms with van der Waals surface area (Å²) in [5, 5.41) is 17.3. The molecule has 0 aliphatic carbocycles. The molecule has 0 heterocycles. The minimum absolute atomic E-state index is 0. The third kappa shape index (κ3) is 6.55. The van der Waals surface area contributed by atoms with E-state index in [9.17, 15) is 4.79 Å². The Bertz CT molecular complexity index is 265. The Kier molecular flexibility index (Phi) is 15.4. The maximum absolute atomic E-state index is 10.3. The summed E-state index contributed by atoms with van der Waals surface area (Å²) in [4.78, 5) is 10.3. The molecule has 1 aromatic rings. The molecule has 1 aromatic carbocycles. The molecule has 0 aliphatic heterocycles. The van der Waals surface area contributed by atoms with E-state index in [1.165, 1.54) is 12.1 Å². The van der Waals surface area contributed by atoms with Crippen molar-refractivity contribution in [2.45, 2.75) is 0 Å². The van der Waals surface area contributed by atoms with E-state index in [-0.39, 0.29) is 100.0 Å². The first kappa shape index (κ1) is 20.0. The predicted octanol–water partition coefficient (Wildman–Crippen LogP) is -0.855. The molecule has 6 heteroatoms. The van der Waals surface area contributed by atoms with Crippen LogP contribution in [0.2, 0.25) is 0 Å². The standard InChI is InChI=1S/C7H6O3.3Na.3H/c8-6-4-2-1-3-5(6)7(9)10;;;;;;/h1-4,8H,(H,9,10);;;;;;. The molecule has 3 nitrogen and oxygen atoms in total. The minimum atomic E-state index is -1.11. The molecule has 0 bridgehead atoms. The van der Waals surface area contributed by atoms with Crippen LogP contribution < -0.4 is 0 Å². The third-order valence-corrected chi connectivity index (χ3v) is 1.13. The molecule has 0 saturated heterocycles. The fourth-order valence-electron chi connectivity index (χ4n) is 0.654. The predicted molar refractivity (Wildman–Crippen MR) is 56.5 cm³/mol. The summed E-state index contributed by atoms with van der Waals surface area (Å²) >= 11 is 0. The van der Waals surface area contributed by atoms with Crippen LogP contribution >= 0.6 is 0 Å². The fraction of sp³-hybridized carbons (Fsp3) is 0. The molecular weight excluding hydrogens is 201 g/mol. The number of carboxylic acids is 1. The first-order chi connectivity index (χ1) is 4.72. The second-order valence-corrected chi connectivity index (χ2v) is 1.82. The summed E-state index contributed by atoms with van der Waals surface area (Å²) in [7, 11) is 0. The normalized spacial score (nSPS) is 7.08. The van der Waals surface area contributed by atoms with E-state index in [0.717, 1.165) is 0 Å². The Balaban J connectivity index is -0.000000333. The average molecular weight is 210 g/mol. The average Bonchev–Trinajstić information content (AvgIpc) is 1.88. The quantitative estimate of drug-likeness (QED) is 0.593. The molecule has 0 aliphatic rings. The van der Waals surface area contributed by atoms with Crippen molar-refractivity contribution in [1.29, 1.82) is 0 Å². The molecule has 0 atom stereocenters. The van der Waals surface area contributed by atoms with E-state index in [0.29, 0.717) is 0 Å². The van der Waals surface area contributed by atoms with Gasteiger partial charge in [0.1, 0.15) is 11.3 Å². The van der Waals surface area contributed by atoms with Crippen molar-refractivity contribution in [2.24, 2.45) is 0 Å². The van der Waals surface area contributed by atoms with Gasteiger partial charge in [-0.25, -0.2) is 4.79 Å². The summed E-state index contributed by atoms with van der Waals surface area (Å²) in [5.74, 6) is -1.31. The van der Waals surface area contributed by atoms with Crippen LogP contribution in [0.1, 0.15) is 10.4 Å². The number of carbonyl (C=O) groups is 1. The zero-order chi connectivity index (χ0) is 7.56. The molecule has 0 spiro atoms. The first-order valence-corrected chi connectivity index (χ1v) is 2.73. The van der Waals surface area contributed by atoms with Crippen molar-refractivity contribution in [3.8, 4) is 5.75 Å². The van der Waals surface area contributed by atoms with Gasteiger partial charge in [0.2, 0.25) is 0 Å². The van der Waals surface area contributed by atoms with Crippen molar-refractivity contribution in [1.82, 2.24) is 0 Å². The number of hydrogen-bond donors (Lipinski definition) is 2. The van der Waals surface area contributed by atoms with Crippen LogP contribution in [0.25, 0.3) is 0 Å². The van der Waals surface area contributed by atoms with Crippen molar-refractivity contribution in [2.75, 3.05) is 0 Å². The number of carboxylic acid groups (broad SMARTS) is 1. The van der Waals surface area contributed by atoms with Gasteiger partial charge in [0.15, 0.2) is 0 Å². The molecule has 0 unspecified atom stereocenters. The van der Waals surface area contributed by atoms with Gasteiger partial charge in [-0.05, 0) is 12.1 Å². The molecular formula is C7H9Na3O3. The molecule has 0 fully saturated rings. The van der Waals surface area contributed by atoms with Crippen LogP contribution in [-0.4, -0.2) is 105 Å². The van der Waals surface area contributed by atoms with Crippen molar-refractivity contribution in [3.05, 3.63) is 29.8 Å². The van der Waals surface area contributed by atoms with E-state index in [1.54, 1.807) is 12.1 Å². The van der Waals surface area contributed by atoms with Gasteiger partial charge in [-0.1, -0.05) is 12.1 Å². The molecule has 13 heavy (non-hydrogen) atoms. The third-order valence-electron chi connectivity index (χ3n) is 1.13. The fourth-order valence-corrected chi connectivity index (χ4v) is 0.654. The van der Waals surface area contributed by atoms with Crippen LogP contribution in [0.5, 0.6) is 5.75 Å². The first-order valence-electron chi connectivity index (χ1n) is 2.73. The van der Waals surface area contributed by atoms with Crippen LogP contribution in [0, 0.1) is 0 Å². The number of aromatic carboxylic acids is 1. The van der Waals surface area contributed by atoms with E-state index in [4.69, 9.17) is 10.2 Å². The van der Waals surface area contributed by atoms with Gasteiger partial charge >= 0.3 is 94.6 Å².